The Kier molecular flexibility index (Phi) is 11.1. The van der Waals surface area contributed by atoms with Crippen molar-refractivity contribution in [3.05, 3.63) is 0 Å². The lowest BCUT2D eigenvalue weighted by Crippen LogP contribution is -2.20. The molecule has 0 radical (unpaired) electrons. The summed E-state index contributed by atoms with van der Waals surface area (Å²) in [7, 11) is -2.23. The van der Waals surface area contributed by atoms with E-state index in [1.54, 1.807) is 0 Å². The highest BCUT2D eigenvalue weighted by Gasteiger charge is 2.13. The molecule has 6 heteroatoms. The first kappa shape index (κ1) is 18.5. The van der Waals surface area contributed by atoms with Crippen LogP contribution in [0.1, 0.15) is 64.7 Å². The first-order valence-corrected chi connectivity index (χ1v) is 8.69. The molecule has 19 heavy (non-hydrogen) atoms. The van der Waals surface area contributed by atoms with Crippen LogP contribution in [0.5, 0.6) is 0 Å². The molecule has 0 heterocycles. The van der Waals surface area contributed by atoms with Crippen molar-refractivity contribution in [2.75, 3.05) is 12.8 Å². The molecule has 0 fully saturated rings. The van der Waals surface area contributed by atoms with Gasteiger partial charge in [-0.1, -0.05) is 45.4 Å². The van der Waals surface area contributed by atoms with Crippen LogP contribution in [0.15, 0.2) is 0 Å². The van der Waals surface area contributed by atoms with Crippen LogP contribution in [0.3, 0.4) is 0 Å². The van der Waals surface area contributed by atoms with Gasteiger partial charge in [0.25, 0.3) is 10.1 Å². The number of hydrogen-bond donors (Lipinski definition) is 1. The fourth-order valence-corrected chi connectivity index (χ4v) is 2.63. The van der Waals surface area contributed by atoms with Crippen LogP contribution in [0, 0.1) is 0 Å². The van der Waals surface area contributed by atoms with E-state index < -0.39 is 10.1 Å². The lowest BCUT2D eigenvalue weighted by atomic mass is 10.1. The Hall–Kier alpha value is -0.460. The van der Waals surface area contributed by atoms with Gasteiger partial charge >= 0.3 is 0 Å². The number of Topliss-reactive ketones (excluding diaryl/α,β-unsaturated/α-hetero) is 1. The van der Waals surface area contributed by atoms with Gasteiger partial charge in [0.15, 0.2) is 0 Å². The summed E-state index contributed by atoms with van der Waals surface area (Å²) in [5.74, 6) is -0.250. The number of unbranched alkanes of at least 4 members (excludes halogenated alkanes) is 6. The standard InChI is InChI=1S/C13H27NO4S/c1-3-4-5-6-7-8-9-10-13(15)11-12-19(16,17)18-14-2/h14H,3-12H2,1-2H3. The first-order valence-electron chi connectivity index (χ1n) is 7.11. The minimum atomic E-state index is -3.60. The van der Waals surface area contributed by atoms with Gasteiger partial charge in [0.2, 0.25) is 0 Å². The monoisotopic (exact) mass is 293 g/mol. The van der Waals surface area contributed by atoms with Crippen molar-refractivity contribution >= 4 is 15.9 Å². The van der Waals surface area contributed by atoms with Crippen LogP contribution in [0.2, 0.25) is 0 Å². The van der Waals surface area contributed by atoms with Crippen molar-refractivity contribution in [3.63, 3.8) is 0 Å². The maximum Gasteiger partial charge on any atom is 0.283 e. The number of carbonyl (C=O) groups is 1. The molecule has 0 bridgehead atoms. The van der Waals surface area contributed by atoms with Crippen molar-refractivity contribution < 1.29 is 17.5 Å². The van der Waals surface area contributed by atoms with Gasteiger partial charge in [0.05, 0.1) is 5.75 Å². The van der Waals surface area contributed by atoms with Gasteiger partial charge in [-0.3, -0.25) is 4.79 Å². The van der Waals surface area contributed by atoms with E-state index in [0.29, 0.717) is 6.42 Å². The van der Waals surface area contributed by atoms with E-state index in [1.807, 2.05) is 0 Å². The summed E-state index contributed by atoms with van der Waals surface area (Å²) >= 11 is 0. The second-order valence-corrected chi connectivity index (χ2v) is 6.40. The molecule has 0 saturated heterocycles. The Balaban J connectivity index is 3.50. The third-order valence-electron chi connectivity index (χ3n) is 2.90. The van der Waals surface area contributed by atoms with Crippen molar-refractivity contribution in [1.82, 2.24) is 5.48 Å². The highest BCUT2D eigenvalue weighted by Crippen LogP contribution is 2.09. The van der Waals surface area contributed by atoms with Gasteiger partial charge in [0, 0.05) is 19.9 Å². The van der Waals surface area contributed by atoms with Crippen molar-refractivity contribution in [1.29, 1.82) is 0 Å². The number of rotatable bonds is 13. The van der Waals surface area contributed by atoms with E-state index in [0.717, 1.165) is 19.3 Å². The van der Waals surface area contributed by atoms with Crippen molar-refractivity contribution in [2.45, 2.75) is 64.7 Å². The number of nitrogens with one attached hydrogen (secondary N) is 1. The van der Waals surface area contributed by atoms with Crippen molar-refractivity contribution in [3.8, 4) is 0 Å². The van der Waals surface area contributed by atoms with Gasteiger partial charge in [-0.15, -0.1) is 0 Å². The molecule has 0 aliphatic carbocycles. The molecule has 0 spiro atoms. The molecule has 0 aromatic rings. The minimum absolute atomic E-state index is 0.00293. The predicted octanol–water partition coefficient (Wildman–Crippen LogP) is 2.57. The third-order valence-corrected chi connectivity index (χ3v) is 4.03. The zero-order valence-corrected chi connectivity index (χ0v) is 12.9. The van der Waals surface area contributed by atoms with Crippen LogP contribution in [-0.4, -0.2) is 27.0 Å². The quantitative estimate of drug-likeness (QED) is 0.417. The minimum Gasteiger partial charge on any atom is -0.300 e. The van der Waals surface area contributed by atoms with E-state index in [9.17, 15) is 13.2 Å². The predicted molar refractivity (Wildman–Crippen MR) is 76.2 cm³/mol. The van der Waals surface area contributed by atoms with Gasteiger partial charge in [-0.2, -0.15) is 18.2 Å². The fraction of sp³-hybridized carbons (Fsp3) is 0.923. The molecule has 0 unspecified atom stereocenters. The molecule has 1 N–H and O–H groups in total. The smallest absolute Gasteiger partial charge is 0.283 e. The van der Waals surface area contributed by atoms with Crippen LogP contribution < -0.4 is 5.48 Å². The van der Waals surface area contributed by atoms with E-state index in [2.05, 4.69) is 16.7 Å². The summed E-state index contributed by atoms with van der Waals surface area (Å²) in [6, 6.07) is 0. The normalized spacial score (nSPS) is 11.7. The van der Waals surface area contributed by atoms with E-state index in [4.69, 9.17) is 0 Å². The van der Waals surface area contributed by atoms with Crippen LogP contribution in [0.4, 0.5) is 0 Å². The van der Waals surface area contributed by atoms with E-state index >= 15 is 0 Å². The summed E-state index contributed by atoms with van der Waals surface area (Å²) < 4.78 is 26.7. The average molecular weight is 293 g/mol. The van der Waals surface area contributed by atoms with Gasteiger partial charge in [-0.05, 0) is 6.42 Å². The lowest BCUT2D eigenvalue weighted by molar-refractivity contribution is -0.118. The first-order chi connectivity index (χ1) is 9.02. The van der Waals surface area contributed by atoms with Crippen LogP contribution in [-0.2, 0) is 19.2 Å². The zero-order chi connectivity index (χ0) is 14.6. The topological polar surface area (TPSA) is 72.5 Å². The molecule has 0 atom stereocenters. The highest BCUT2D eigenvalue weighted by atomic mass is 32.2. The average Bonchev–Trinajstić information content (AvgIpc) is 2.35. The maximum absolute atomic E-state index is 11.5. The second-order valence-electron chi connectivity index (χ2n) is 4.71. The van der Waals surface area contributed by atoms with Gasteiger partial charge in [-0.25, -0.2) is 0 Å². The Morgan fingerprint density at radius 2 is 1.58 bits per heavy atom. The molecule has 0 rings (SSSR count). The Labute approximate surface area is 117 Å². The third kappa shape index (κ3) is 12.3. The number of hydrogen-bond acceptors (Lipinski definition) is 5. The van der Waals surface area contributed by atoms with E-state index in [1.165, 1.54) is 32.7 Å². The van der Waals surface area contributed by atoms with Crippen molar-refractivity contribution in [2.24, 2.45) is 0 Å². The number of carbonyl (C=O) groups excluding carboxylic acids is 1. The molecule has 5 nitrogen and oxygen atoms in total. The summed E-state index contributed by atoms with van der Waals surface area (Å²) in [5, 5.41) is 0. The fourth-order valence-electron chi connectivity index (χ4n) is 1.81. The van der Waals surface area contributed by atoms with Crippen LogP contribution in [0.25, 0.3) is 0 Å². The number of ketones is 1. The molecule has 0 aliphatic rings. The molecule has 0 amide bonds. The van der Waals surface area contributed by atoms with Gasteiger partial charge < -0.3 is 0 Å². The summed E-state index contributed by atoms with van der Waals surface area (Å²) in [6.07, 6.45) is 8.60. The molecule has 0 aliphatic heterocycles. The SMILES string of the molecule is CCCCCCCCCC(=O)CCS(=O)(=O)ONC. The zero-order valence-electron chi connectivity index (χ0n) is 12.1. The molecule has 0 aromatic heterocycles. The summed E-state index contributed by atoms with van der Waals surface area (Å²) in [5.41, 5.74) is 2.11. The molecule has 114 valence electrons. The maximum atomic E-state index is 11.5. The Morgan fingerprint density at radius 3 is 2.16 bits per heavy atom. The summed E-state index contributed by atoms with van der Waals surface area (Å²) in [6.45, 7) is 2.19. The highest BCUT2D eigenvalue weighted by molar-refractivity contribution is 7.86. The van der Waals surface area contributed by atoms with E-state index in [-0.39, 0.29) is 18.0 Å². The largest absolute Gasteiger partial charge is 0.300 e. The van der Waals surface area contributed by atoms with Crippen LogP contribution >= 0.6 is 0 Å². The lowest BCUT2D eigenvalue weighted by Gasteiger charge is -2.03. The summed E-state index contributed by atoms with van der Waals surface area (Å²) in [4.78, 5) is 11.5. The van der Waals surface area contributed by atoms with Gasteiger partial charge in [0.1, 0.15) is 5.78 Å². The molecular weight excluding hydrogens is 266 g/mol. The number of hydroxylamine groups is 1. The Bertz CT molecular complexity index is 328. The molecular formula is C13H27NO4S. The Morgan fingerprint density at radius 1 is 1.00 bits per heavy atom. The molecule has 0 saturated carbocycles. The molecule has 0 aromatic carbocycles. The second kappa shape index (κ2) is 11.4.